The number of rotatable bonds is 5. The lowest BCUT2D eigenvalue weighted by molar-refractivity contribution is -0.188. The maximum Gasteiger partial charge on any atom is 0.202 e. The van der Waals surface area contributed by atoms with Crippen LogP contribution in [0.1, 0.15) is 11.1 Å². The first-order valence-electron chi connectivity index (χ1n) is 5.82. The van der Waals surface area contributed by atoms with Crippen molar-refractivity contribution in [2.75, 3.05) is 14.2 Å². The van der Waals surface area contributed by atoms with E-state index in [-0.39, 0.29) is 5.82 Å². The third kappa shape index (κ3) is 2.97. The fraction of sp³-hybridized carbons (Fsp3) is 0.200. The standard InChI is InChI=1S/C15H15FNO2/c1-18-15(19-2,13-7-9-17-10-8-13)11-12-3-5-14(16)6-4-12/h3-11H,1-2H3. The van der Waals surface area contributed by atoms with Gasteiger partial charge < -0.3 is 9.47 Å². The fourth-order valence-electron chi connectivity index (χ4n) is 1.88. The van der Waals surface area contributed by atoms with Crippen LogP contribution in [0, 0.1) is 12.2 Å². The molecule has 1 radical (unpaired) electrons. The van der Waals surface area contributed by atoms with E-state index in [4.69, 9.17) is 9.47 Å². The smallest absolute Gasteiger partial charge is 0.202 e. The van der Waals surface area contributed by atoms with Gasteiger partial charge >= 0.3 is 0 Å². The summed E-state index contributed by atoms with van der Waals surface area (Å²) in [4.78, 5) is 3.97. The number of ether oxygens (including phenoxy) is 2. The Hall–Kier alpha value is -1.78. The summed E-state index contributed by atoms with van der Waals surface area (Å²) in [5.41, 5.74) is 1.62. The fourth-order valence-corrected chi connectivity index (χ4v) is 1.88. The van der Waals surface area contributed by atoms with E-state index in [1.165, 1.54) is 12.1 Å². The van der Waals surface area contributed by atoms with E-state index < -0.39 is 5.79 Å². The zero-order valence-corrected chi connectivity index (χ0v) is 10.8. The molecule has 0 aliphatic carbocycles. The van der Waals surface area contributed by atoms with Crippen molar-refractivity contribution in [2.24, 2.45) is 0 Å². The molecule has 0 unspecified atom stereocenters. The Morgan fingerprint density at radius 1 is 1.00 bits per heavy atom. The summed E-state index contributed by atoms with van der Waals surface area (Å²) >= 11 is 0. The van der Waals surface area contributed by atoms with Crippen LogP contribution >= 0.6 is 0 Å². The van der Waals surface area contributed by atoms with Crippen LogP contribution in [0.5, 0.6) is 0 Å². The van der Waals surface area contributed by atoms with Crippen LogP contribution < -0.4 is 0 Å². The van der Waals surface area contributed by atoms with E-state index in [0.717, 1.165) is 11.1 Å². The Balaban J connectivity index is 2.32. The van der Waals surface area contributed by atoms with Crippen molar-refractivity contribution in [3.8, 4) is 0 Å². The van der Waals surface area contributed by atoms with E-state index in [9.17, 15) is 4.39 Å². The number of benzene rings is 1. The van der Waals surface area contributed by atoms with Gasteiger partial charge in [-0.05, 0) is 29.8 Å². The van der Waals surface area contributed by atoms with Crippen LogP contribution in [0.3, 0.4) is 0 Å². The van der Waals surface area contributed by atoms with Gasteiger partial charge in [-0.1, -0.05) is 12.1 Å². The van der Waals surface area contributed by atoms with Gasteiger partial charge in [-0.25, -0.2) is 4.39 Å². The number of hydrogen-bond acceptors (Lipinski definition) is 3. The molecular weight excluding hydrogens is 245 g/mol. The second kappa shape index (κ2) is 5.91. The van der Waals surface area contributed by atoms with Crippen molar-refractivity contribution in [3.05, 3.63) is 72.2 Å². The van der Waals surface area contributed by atoms with Crippen molar-refractivity contribution >= 4 is 0 Å². The topological polar surface area (TPSA) is 31.4 Å². The molecule has 1 aromatic carbocycles. The maximum absolute atomic E-state index is 12.9. The molecule has 0 bridgehead atoms. The molecular formula is C15H15FNO2. The van der Waals surface area contributed by atoms with Gasteiger partial charge in [-0.3, -0.25) is 4.98 Å². The molecule has 0 saturated carbocycles. The number of aromatic nitrogens is 1. The third-order valence-corrected chi connectivity index (χ3v) is 2.92. The summed E-state index contributed by atoms with van der Waals surface area (Å²) in [7, 11) is 3.12. The molecule has 0 aliphatic rings. The van der Waals surface area contributed by atoms with Crippen LogP contribution in [-0.2, 0) is 15.3 Å². The second-order valence-electron chi connectivity index (χ2n) is 4.01. The Morgan fingerprint density at radius 3 is 2.11 bits per heavy atom. The Morgan fingerprint density at radius 2 is 1.58 bits per heavy atom. The summed E-state index contributed by atoms with van der Waals surface area (Å²) in [5.74, 6) is -1.29. The molecule has 0 amide bonds. The first-order valence-corrected chi connectivity index (χ1v) is 5.82. The number of nitrogens with zero attached hydrogens (tertiary/aromatic N) is 1. The normalized spacial score (nSPS) is 11.5. The Labute approximate surface area is 112 Å². The van der Waals surface area contributed by atoms with E-state index >= 15 is 0 Å². The number of hydrogen-bond donors (Lipinski definition) is 0. The molecule has 2 aromatic rings. The van der Waals surface area contributed by atoms with Gasteiger partial charge in [0.1, 0.15) is 5.82 Å². The summed E-state index contributed by atoms with van der Waals surface area (Å²) < 4.78 is 23.9. The lowest BCUT2D eigenvalue weighted by Gasteiger charge is -2.31. The van der Waals surface area contributed by atoms with Gasteiger partial charge in [-0.15, -0.1) is 0 Å². The maximum atomic E-state index is 12.9. The minimum Gasteiger partial charge on any atom is -0.349 e. The predicted molar refractivity (Wildman–Crippen MR) is 69.7 cm³/mol. The molecule has 99 valence electrons. The van der Waals surface area contributed by atoms with Crippen LogP contribution in [-0.4, -0.2) is 19.2 Å². The van der Waals surface area contributed by atoms with Gasteiger partial charge in [0.05, 0.1) is 6.42 Å². The van der Waals surface area contributed by atoms with Crippen molar-refractivity contribution in [2.45, 2.75) is 5.79 Å². The molecule has 0 saturated heterocycles. The molecule has 0 spiro atoms. The first-order chi connectivity index (χ1) is 9.20. The summed E-state index contributed by atoms with van der Waals surface area (Å²) in [6.45, 7) is 0. The zero-order chi connectivity index (χ0) is 13.7. The quantitative estimate of drug-likeness (QED) is 0.775. The average molecular weight is 260 g/mol. The van der Waals surface area contributed by atoms with Crippen molar-refractivity contribution in [1.82, 2.24) is 4.98 Å². The molecule has 3 nitrogen and oxygen atoms in total. The predicted octanol–water partition coefficient (Wildman–Crippen LogP) is 2.92. The summed E-state index contributed by atoms with van der Waals surface area (Å²) in [6, 6.07) is 9.76. The average Bonchev–Trinajstić information content (AvgIpc) is 2.48. The third-order valence-electron chi connectivity index (χ3n) is 2.92. The summed E-state index contributed by atoms with van der Waals surface area (Å²) in [5, 5.41) is 0. The molecule has 1 aromatic heterocycles. The summed E-state index contributed by atoms with van der Waals surface area (Å²) in [6.07, 6.45) is 5.13. The number of pyridine rings is 1. The van der Waals surface area contributed by atoms with E-state index in [1.54, 1.807) is 45.2 Å². The Bertz CT molecular complexity index is 509. The Kier molecular flexibility index (Phi) is 4.24. The van der Waals surface area contributed by atoms with Crippen LogP contribution in [0.4, 0.5) is 4.39 Å². The monoisotopic (exact) mass is 260 g/mol. The van der Waals surface area contributed by atoms with Gasteiger partial charge in [0.2, 0.25) is 5.79 Å². The van der Waals surface area contributed by atoms with Gasteiger partial charge in [0.25, 0.3) is 0 Å². The number of methoxy groups -OCH3 is 2. The van der Waals surface area contributed by atoms with E-state index in [1.807, 2.05) is 12.1 Å². The highest BCUT2D eigenvalue weighted by Gasteiger charge is 2.32. The zero-order valence-electron chi connectivity index (χ0n) is 10.8. The molecule has 0 N–H and O–H groups in total. The van der Waals surface area contributed by atoms with E-state index in [0.29, 0.717) is 0 Å². The van der Waals surface area contributed by atoms with Crippen LogP contribution in [0.2, 0.25) is 0 Å². The minimum absolute atomic E-state index is 0.276. The molecule has 0 fully saturated rings. The van der Waals surface area contributed by atoms with E-state index in [2.05, 4.69) is 4.98 Å². The lowest BCUT2D eigenvalue weighted by atomic mass is 9.98. The highest BCUT2D eigenvalue weighted by Crippen LogP contribution is 2.31. The van der Waals surface area contributed by atoms with Crippen molar-refractivity contribution in [3.63, 3.8) is 0 Å². The lowest BCUT2D eigenvalue weighted by Crippen LogP contribution is -2.31. The largest absolute Gasteiger partial charge is 0.349 e. The molecule has 0 atom stereocenters. The van der Waals surface area contributed by atoms with Crippen molar-refractivity contribution < 1.29 is 13.9 Å². The van der Waals surface area contributed by atoms with Crippen LogP contribution in [0.15, 0.2) is 48.8 Å². The molecule has 0 aliphatic heterocycles. The highest BCUT2D eigenvalue weighted by atomic mass is 19.1. The van der Waals surface area contributed by atoms with Gasteiger partial charge in [0.15, 0.2) is 0 Å². The van der Waals surface area contributed by atoms with Gasteiger partial charge in [-0.2, -0.15) is 0 Å². The van der Waals surface area contributed by atoms with Gasteiger partial charge in [0, 0.05) is 32.2 Å². The van der Waals surface area contributed by atoms with Crippen molar-refractivity contribution in [1.29, 1.82) is 0 Å². The SMILES string of the molecule is COC([CH]c1ccc(F)cc1)(OC)c1ccncc1. The molecule has 2 rings (SSSR count). The molecule has 19 heavy (non-hydrogen) atoms. The van der Waals surface area contributed by atoms with Crippen LogP contribution in [0.25, 0.3) is 0 Å². The second-order valence-corrected chi connectivity index (χ2v) is 4.01. The molecule has 1 heterocycles. The highest BCUT2D eigenvalue weighted by molar-refractivity contribution is 5.32. The molecule has 4 heteroatoms. The number of halogens is 1. The minimum atomic E-state index is -1.01. The first kappa shape index (κ1) is 13.6.